The van der Waals surface area contributed by atoms with Crippen molar-refractivity contribution in [2.45, 2.75) is 25.0 Å². The van der Waals surface area contributed by atoms with Crippen LogP contribution in [0.15, 0.2) is 11.2 Å². The minimum Gasteiger partial charge on any atom is -0.478 e. The molecule has 0 aromatic carbocycles. The molecule has 4 N–H and O–H groups in total. The van der Waals surface area contributed by atoms with Gasteiger partial charge in [-0.15, -0.1) is 0 Å². The summed E-state index contributed by atoms with van der Waals surface area (Å²) in [4.78, 5) is 10.8. The zero-order chi connectivity index (χ0) is 13.9. The Balaban J connectivity index is 2.87. The summed E-state index contributed by atoms with van der Waals surface area (Å²) in [7, 11) is -4.03. The fourth-order valence-corrected chi connectivity index (χ4v) is 2.27. The summed E-state index contributed by atoms with van der Waals surface area (Å²) >= 11 is 0. The van der Waals surface area contributed by atoms with Gasteiger partial charge in [0.1, 0.15) is 5.56 Å². The monoisotopic (exact) mass is 277 g/mol. The van der Waals surface area contributed by atoms with Gasteiger partial charge in [0.25, 0.3) is 10.0 Å². The van der Waals surface area contributed by atoms with Gasteiger partial charge >= 0.3 is 5.97 Å². The molecule has 0 aliphatic heterocycles. The van der Waals surface area contributed by atoms with Crippen molar-refractivity contribution in [1.82, 2.24) is 14.9 Å². The molecule has 8 nitrogen and oxygen atoms in total. The second-order valence-corrected chi connectivity index (χ2v) is 5.79. The molecule has 0 saturated carbocycles. The summed E-state index contributed by atoms with van der Waals surface area (Å²) in [6, 6.07) is 0. The first-order chi connectivity index (χ1) is 8.25. The molecule has 0 fully saturated rings. The molecule has 1 unspecified atom stereocenters. The summed E-state index contributed by atoms with van der Waals surface area (Å²) in [5.74, 6) is -1.51. The molecule has 1 aromatic heterocycles. The number of carboxylic acid groups (broad SMARTS) is 1. The number of rotatable bonds is 6. The molecule has 0 amide bonds. The Labute approximate surface area is 104 Å². The number of hydrogen-bond acceptors (Lipinski definition) is 5. The van der Waals surface area contributed by atoms with E-state index in [1.54, 1.807) is 13.8 Å². The number of aromatic nitrogens is 2. The molecule has 1 aromatic rings. The van der Waals surface area contributed by atoms with E-state index in [4.69, 9.17) is 5.11 Å². The Morgan fingerprint density at radius 1 is 1.56 bits per heavy atom. The van der Waals surface area contributed by atoms with Crippen molar-refractivity contribution in [3.63, 3.8) is 0 Å². The van der Waals surface area contributed by atoms with Gasteiger partial charge in [0.2, 0.25) is 0 Å². The molecule has 1 atom stereocenters. The fraction of sp³-hybridized carbons (Fsp3) is 0.556. The maximum atomic E-state index is 11.8. The summed E-state index contributed by atoms with van der Waals surface area (Å²) in [6.45, 7) is 3.27. The Bertz CT molecular complexity index is 522. The smallest absolute Gasteiger partial charge is 0.340 e. The first kappa shape index (κ1) is 14.6. The first-order valence-corrected chi connectivity index (χ1v) is 6.68. The van der Waals surface area contributed by atoms with E-state index in [9.17, 15) is 18.3 Å². The number of aromatic carboxylic acids is 1. The van der Waals surface area contributed by atoms with E-state index in [1.165, 1.54) is 0 Å². The molecule has 0 aliphatic rings. The molecule has 18 heavy (non-hydrogen) atoms. The Hall–Kier alpha value is -1.45. The highest BCUT2D eigenvalue weighted by Crippen LogP contribution is 2.11. The van der Waals surface area contributed by atoms with Gasteiger partial charge in [-0.3, -0.25) is 5.10 Å². The molecule has 9 heteroatoms. The van der Waals surface area contributed by atoms with Crippen LogP contribution < -0.4 is 4.72 Å². The van der Waals surface area contributed by atoms with E-state index in [0.29, 0.717) is 0 Å². The lowest BCUT2D eigenvalue weighted by Crippen LogP contribution is -2.35. The lowest BCUT2D eigenvalue weighted by atomic mass is 10.1. The molecule has 102 valence electrons. The third-order valence-electron chi connectivity index (χ3n) is 2.36. The zero-order valence-corrected chi connectivity index (χ0v) is 10.7. The number of aliphatic hydroxyl groups excluding tert-OH is 1. The van der Waals surface area contributed by atoms with Crippen molar-refractivity contribution in [1.29, 1.82) is 0 Å². The molecular weight excluding hydrogens is 262 g/mol. The van der Waals surface area contributed by atoms with Gasteiger partial charge in [-0.2, -0.15) is 5.10 Å². The molecule has 1 heterocycles. The average molecular weight is 277 g/mol. The van der Waals surface area contributed by atoms with Gasteiger partial charge in [0, 0.05) is 6.54 Å². The normalized spacial score (nSPS) is 13.8. The highest BCUT2D eigenvalue weighted by Gasteiger charge is 2.25. The molecule has 0 bridgehead atoms. The SMILES string of the molecule is CC(C)C(O)CNS(=O)(=O)c1[nH]ncc1C(=O)O. The predicted molar refractivity (Wildman–Crippen MR) is 61.6 cm³/mol. The van der Waals surface area contributed by atoms with Crippen molar-refractivity contribution >= 4 is 16.0 Å². The van der Waals surface area contributed by atoms with Gasteiger partial charge in [0.05, 0.1) is 12.3 Å². The Morgan fingerprint density at radius 3 is 2.67 bits per heavy atom. The molecule has 0 aliphatic carbocycles. The molecular formula is C9H15N3O5S. The Kier molecular flexibility index (Phi) is 4.43. The summed E-state index contributed by atoms with van der Waals surface area (Å²) in [5.41, 5.74) is -0.443. The van der Waals surface area contributed by atoms with Crippen molar-refractivity contribution in [3.8, 4) is 0 Å². The van der Waals surface area contributed by atoms with Gasteiger partial charge in [-0.25, -0.2) is 17.9 Å². The maximum absolute atomic E-state index is 11.8. The van der Waals surface area contributed by atoms with Crippen LogP contribution in [0.2, 0.25) is 0 Å². The predicted octanol–water partition coefficient (Wildman–Crippen LogP) is -0.597. The quantitative estimate of drug-likeness (QED) is 0.549. The number of carboxylic acids is 1. The lowest BCUT2D eigenvalue weighted by Gasteiger charge is -2.14. The minimum absolute atomic E-state index is 0.117. The highest BCUT2D eigenvalue weighted by molar-refractivity contribution is 7.89. The summed E-state index contributed by atoms with van der Waals surface area (Å²) in [6.07, 6.45) is 0.0615. The number of aliphatic hydroxyl groups is 1. The number of H-pyrrole nitrogens is 1. The summed E-state index contributed by atoms with van der Waals surface area (Å²) in [5, 5.41) is 23.3. The van der Waals surface area contributed by atoms with E-state index >= 15 is 0 Å². The van der Waals surface area contributed by atoms with Crippen LogP contribution in [0.3, 0.4) is 0 Å². The number of sulfonamides is 1. The van der Waals surface area contributed by atoms with E-state index in [0.717, 1.165) is 6.20 Å². The standard InChI is InChI=1S/C9H15N3O5S/c1-5(2)7(13)4-11-18(16,17)8-6(9(14)15)3-10-12-8/h3,5,7,11,13H,4H2,1-2H3,(H,10,12)(H,14,15). The van der Waals surface area contributed by atoms with Crippen molar-refractivity contribution < 1.29 is 23.4 Å². The van der Waals surface area contributed by atoms with E-state index in [-0.39, 0.29) is 12.5 Å². The molecule has 1 rings (SSSR count). The van der Waals surface area contributed by atoms with Crippen molar-refractivity contribution in [2.24, 2.45) is 5.92 Å². The lowest BCUT2D eigenvalue weighted by molar-refractivity contribution is 0.0692. The topological polar surface area (TPSA) is 132 Å². The maximum Gasteiger partial charge on any atom is 0.340 e. The number of hydrogen-bond donors (Lipinski definition) is 4. The van der Waals surface area contributed by atoms with E-state index < -0.39 is 32.7 Å². The largest absolute Gasteiger partial charge is 0.478 e. The van der Waals surface area contributed by atoms with Crippen LogP contribution in [0.1, 0.15) is 24.2 Å². The zero-order valence-electron chi connectivity index (χ0n) is 9.91. The Morgan fingerprint density at radius 2 is 2.17 bits per heavy atom. The average Bonchev–Trinajstić information content (AvgIpc) is 2.75. The highest BCUT2D eigenvalue weighted by atomic mass is 32.2. The van der Waals surface area contributed by atoms with Crippen LogP contribution in [0.5, 0.6) is 0 Å². The number of aromatic amines is 1. The second kappa shape index (κ2) is 5.46. The minimum atomic E-state index is -4.03. The van der Waals surface area contributed by atoms with E-state index in [1.807, 2.05) is 0 Å². The van der Waals surface area contributed by atoms with Crippen LogP contribution in [0.4, 0.5) is 0 Å². The van der Waals surface area contributed by atoms with Gasteiger partial charge in [-0.1, -0.05) is 13.8 Å². The van der Waals surface area contributed by atoms with Crippen LogP contribution in [0.25, 0.3) is 0 Å². The molecule has 0 radical (unpaired) electrons. The van der Waals surface area contributed by atoms with Gasteiger partial charge in [0.15, 0.2) is 5.03 Å². The van der Waals surface area contributed by atoms with Crippen LogP contribution in [0, 0.1) is 5.92 Å². The molecule has 0 saturated heterocycles. The van der Waals surface area contributed by atoms with Gasteiger partial charge < -0.3 is 10.2 Å². The number of carbonyl (C=O) groups is 1. The van der Waals surface area contributed by atoms with E-state index in [2.05, 4.69) is 14.9 Å². The summed E-state index contributed by atoms with van der Waals surface area (Å²) < 4.78 is 25.7. The second-order valence-electron chi connectivity index (χ2n) is 4.08. The number of nitrogens with one attached hydrogen (secondary N) is 2. The van der Waals surface area contributed by atoms with Gasteiger partial charge in [-0.05, 0) is 5.92 Å². The van der Waals surface area contributed by atoms with Crippen molar-refractivity contribution in [3.05, 3.63) is 11.8 Å². The first-order valence-electron chi connectivity index (χ1n) is 5.20. The van der Waals surface area contributed by atoms with Crippen LogP contribution in [-0.2, 0) is 10.0 Å². The van der Waals surface area contributed by atoms with Crippen molar-refractivity contribution in [2.75, 3.05) is 6.54 Å². The third kappa shape index (κ3) is 3.28. The molecule has 0 spiro atoms. The van der Waals surface area contributed by atoms with Crippen LogP contribution in [-0.4, -0.2) is 47.4 Å². The van der Waals surface area contributed by atoms with Crippen LogP contribution >= 0.6 is 0 Å². The fourth-order valence-electron chi connectivity index (χ4n) is 1.13. The third-order valence-corrected chi connectivity index (χ3v) is 3.75. The number of nitrogens with zero attached hydrogens (tertiary/aromatic N) is 1.